The molecule has 0 bridgehead atoms. The molecule has 0 saturated carbocycles. The van der Waals surface area contributed by atoms with Crippen molar-refractivity contribution in [2.24, 2.45) is 0 Å². The highest BCUT2D eigenvalue weighted by Crippen LogP contribution is 2.21. The van der Waals surface area contributed by atoms with E-state index in [1.807, 2.05) is 44.1 Å². The number of halogens is 2. The van der Waals surface area contributed by atoms with Gasteiger partial charge in [-0.1, -0.05) is 0 Å². The minimum Gasteiger partial charge on any atom is -0.480 e. The van der Waals surface area contributed by atoms with E-state index in [1.54, 1.807) is 4.57 Å². The predicted octanol–water partition coefficient (Wildman–Crippen LogP) is 2.34. The number of aromatic nitrogens is 2. The van der Waals surface area contributed by atoms with Gasteiger partial charge >= 0.3 is 5.97 Å². The Morgan fingerprint density at radius 2 is 2.00 bits per heavy atom. The first-order valence-corrected chi connectivity index (χ1v) is 5.35. The van der Waals surface area contributed by atoms with Crippen LogP contribution in [0.5, 0.6) is 0 Å². The van der Waals surface area contributed by atoms with Crippen LogP contribution in [-0.4, -0.2) is 34.7 Å². The number of imidazole rings is 1. The molecule has 1 aromatic heterocycles. The fraction of sp³-hybridized carbons (Fsp3) is 0.333. The van der Waals surface area contributed by atoms with Crippen molar-refractivity contribution in [1.82, 2.24) is 9.55 Å². The molecule has 0 amide bonds. The van der Waals surface area contributed by atoms with Crippen LogP contribution in [0.1, 0.15) is 5.82 Å². The smallest absolute Gasteiger partial charge is 0.323 e. The molecule has 2 rings (SSSR count). The first-order chi connectivity index (χ1) is 7.99. The zero-order chi connectivity index (χ0) is 12.6. The standard InChI is InChI=1S/C12H15N3O2.2ClH/c1-8-13-10-6-9(14(2)3)4-5-11(10)15(8)7-12(16)17;;/h4-6H,7H2,1-3H3,(H,16,17);2*1H. The van der Waals surface area contributed by atoms with Crippen LogP contribution in [0.3, 0.4) is 0 Å². The Hall–Kier alpha value is -1.46. The van der Waals surface area contributed by atoms with Gasteiger partial charge in [-0.15, -0.1) is 24.8 Å². The molecule has 0 aliphatic rings. The molecule has 0 saturated heterocycles. The third kappa shape index (κ3) is 3.52. The summed E-state index contributed by atoms with van der Waals surface area (Å²) in [5.41, 5.74) is 2.74. The number of carboxylic acids is 1. The summed E-state index contributed by atoms with van der Waals surface area (Å²) in [6, 6.07) is 5.83. The second kappa shape index (κ2) is 6.63. The van der Waals surface area contributed by atoms with Crippen molar-refractivity contribution in [1.29, 1.82) is 0 Å². The van der Waals surface area contributed by atoms with Crippen molar-refractivity contribution in [2.45, 2.75) is 13.5 Å². The minimum absolute atomic E-state index is 0. The largest absolute Gasteiger partial charge is 0.480 e. The van der Waals surface area contributed by atoms with Gasteiger partial charge in [0.05, 0.1) is 11.0 Å². The zero-order valence-corrected chi connectivity index (χ0v) is 12.6. The lowest BCUT2D eigenvalue weighted by Gasteiger charge is -2.11. The SMILES string of the molecule is Cc1nc2cc(N(C)C)ccc2n1CC(=O)O.Cl.Cl. The molecular weight excluding hydrogens is 289 g/mol. The van der Waals surface area contributed by atoms with Crippen molar-refractivity contribution in [3.05, 3.63) is 24.0 Å². The Balaban J connectivity index is 0.00000162. The van der Waals surface area contributed by atoms with Crippen LogP contribution < -0.4 is 4.90 Å². The average molecular weight is 306 g/mol. The number of nitrogens with zero attached hydrogens (tertiary/aromatic N) is 3. The first-order valence-electron chi connectivity index (χ1n) is 5.35. The molecule has 0 unspecified atom stereocenters. The summed E-state index contributed by atoms with van der Waals surface area (Å²) < 4.78 is 1.71. The summed E-state index contributed by atoms with van der Waals surface area (Å²) >= 11 is 0. The number of rotatable bonds is 3. The Kier molecular flexibility index (Phi) is 6.12. The normalized spacial score (nSPS) is 9.63. The Labute approximate surface area is 124 Å². The van der Waals surface area contributed by atoms with Gasteiger partial charge in [-0.05, 0) is 25.1 Å². The molecule has 0 aliphatic carbocycles. The summed E-state index contributed by atoms with van der Waals surface area (Å²) in [6.07, 6.45) is 0. The number of carboxylic acid groups (broad SMARTS) is 1. The van der Waals surface area contributed by atoms with Crippen LogP contribution in [0, 0.1) is 6.92 Å². The van der Waals surface area contributed by atoms with Gasteiger partial charge in [0, 0.05) is 19.8 Å². The molecule has 0 fully saturated rings. The molecule has 106 valence electrons. The van der Waals surface area contributed by atoms with Gasteiger partial charge in [0.2, 0.25) is 0 Å². The number of carbonyl (C=O) groups is 1. The van der Waals surface area contributed by atoms with Crippen LogP contribution >= 0.6 is 24.8 Å². The van der Waals surface area contributed by atoms with E-state index in [0.717, 1.165) is 22.5 Å². The molecule has 0 atom stereocenters. The second-order valence-corrected chi connectivity index (χ2v) is 4.21. The summed E-state index contributed by atoms with van der Waals surface area (Å²) in [5, 5.41) is 8.86. The molecule has 7 heteroatoms. The highest BCUT2D eigenvalue weighted by molar-refractivity contribution is 5.85. The minimum atomic E-state index is -0.857. The quantitative estimate of drug-likeness (QED) is 0.945. The van der Waals surface area contributed by atoms with E-state index in [0.29, 0.717) is 0 Å². The topological polar surface area (TPSA) is 58.4 Å². The number of aryl methyl sites for hydroxylation is 1. The number of fused-ring (bicyclic) bond motifs is 1. The molecule has 5 nitrogen and oxygen atoms in total. The van der Waals surface area contributed by atoms with Crippen molar-refractivity contribution >= 4 is 47.5 Å². The fourth-order valence-corrected chi connectivity index (χ4v) is 1.85. The van der Waals surface area contributed by atoms with Gasteiger partial charge in [0.1, 0.15) is 12.4 Å². The van der Waals surface area contributed by atoms with E-state index < -0.39 is 5.97 Å². The van der Waals surface area contributed by atoms with Gasteiger partial charge in [-0.3, -0.25) is 4.79 Å². The average Bonchev–Trinajstić information content (AvgIpc) is 2.54. The van der Waals surface area contributed by atoms with Crippen LogP contribution in [0.15, 0.2) is 18.2 Å². The number of benzene rings is 1. The molecule has 0 aliphatic heterocycles. The lowest BCUT2D eigenvalue weighted by Crippen LogP contribution is -2.10. The van der Waals surface area contributed by atoms with Gasteiger partial charge in [-0.2, -0.15) is 0 Å². The highest BCUT2D eigenvalue weighted by atomic mass is 35.5. The molecule has 1 N–H and O–H groups in total. The molecule has 0 radical (unpaired) electrons. The Morgan fingerprint density at radius 1 is 1.37 bits per heavy atom. The van der Waals surface area contributed by atoms with E-state index in [9.17, 15) is 4.79 Å². The summed E-state index contributed by atoms with van der Waals surface area (Å²) in [7, 11) is 3.92. The zero-order valence-electron chi connectivity index (χ0n) is 11.0. The van der Waals surface area contributed by atoms with Crippen molar-refractivity contribution in [3.63, 3.8) is 0 Å². The van der Waals surface area contributed by atoms with Gasteiger partial charge in [-0.25, -0.2) is 4.98 Å². The van der Waals surface area contributed by atoms with E-state index >= 15 is 0 Å². The molecule has 2 aromatic rings. The summed E-state index contributed by atoms with van der Waals surface area (Å²) in [4.78, 5) is 17.2. The van der Waals surface area contributed by atoms with E-state index in [-0.39, 0.29) is 31.4 Å². The maximum atomic E-state index is 10.8. The number of aliphatic carboxylic acids is 1. The lowest BCUT2D eigenvalue weighted by molar-refractivity contribution is -0.137. The van der Waals surface area contributed by atoms with Crippen LogP contribution in [0.25, 0.3) is 11.0 Å². The second-order valence-electron chi connectivity index (χ2n) is 4.21. The van der Waals surface area contributed by atoms with E-state index in [4.69, 9.17) is 5.11 Å². The van der Waals surface area contributed by atoms with Gasteiger partial charge in [0.25, 0.3) is 0 Å². The molecular formula is C12H17Cl2N3O2. The van der Waals surface area contributed by atoms with E-state index in [1.165, 1.54) is 0 Å². The highest BCUT2D eigenvalue weighted by Gasteiger charge is 2.10. The van der Waals surface area contributed by atoms with E-state index in [2.05, 4.69) is 4.98 Å². The van der Waals surface area contributed by atoms with Gasteiger partial charge < -0.3 is 14.6 Å². The number of hydrogen-bond acceptors (Lipinski definition) is 3. The van der Waals surface area contributed by atoms with Crippen LogP contribution in [-0.2, 0) is 11.3 Å². The first kappa shape index (κ1) is 17.5. The van der Waals surface area contributed by atoms with Crippen molar-refractivity contribution < 1.29 is 9.90 Å². The van der Waals surface area contributed by atoms with Gasteiger partial charge in [0.15, 0.2) is 0 Å². The summed E-state index contributed by atoms with van der Waals surface area (Å²) in [5.74, 6) is -0.137. The number of hydrogen-bond donors (Lipinski definition) is 1. The Morgan fingerprint density at radius 3 is 2.53 bits per heavy atom. The van der Waals surface area contributed by atoms with Crippen LogP contribution in [0.2, 0.25) is 0 Å². The number of anilines is 1. The van der Waals surface area contributed by atoms with Crippen molar-refractivity contribution in [2.75, 3.05) is 19.0 Å². The Bertz CT molecular complexity index is 582. The maximum absolute atomic E-state index is 10.8. The lowest BCUT2D eigenvalue weighted by atomic mass is 10.2. The molecule has 1 heterocycles. The summed E-state index contributed by atoms with van der Waals surface area (Å²) in [6.45, 7) is 1.77. The molecule has 1 aromatic carbocycles. The molecule has 0 spiro atoms. The third-order valence-corrected chi connectivity index (χ3v) is 2.73. The predicted molar refractivity (Wildman–Crippen MR) is 80.9 cm³/mol. The third-order valence-electron chi connectivity index (χ3n) is 2.73. The maximum Gasteiger partial charge on any atom is 0.323 e. The molecule has 19 heavy (non-hydrogen) atoms. The fourth-order valence-electron chi connectivity index (χ4n) is 1.85. The van der Waals surface area contributed by atoms with Crippen molar-refractivity contribution in [3.8, 4) is 0 Å². The monoisotopic (exact) mass is 305 g/mol. The van der Waals surface area contributed by atoms with Crippen LogP contribution in [0.4, 0.5) is 5.69 Å².